The lowest BCUT2D eigenvalue weighted by atomic mass is 10.1. The minimum absolute atomic E-state index is 0.204. The van der Waals surface area contributed by atoms with E-state index in [2.05, 4.69) is 21.1 Å². The summed E-state index contributed by atoms with van der Waals surface area (Å²) >= 11 is 0. The van der Waals surface area contributed by atoms with E-state index < -0.39 is 0 Å². The number of nitrogens with zero attached hydrogens (tertiary/aromatic N) is 4. The van der Waals surface area contributed by atoms with E-state index in [1.54, 1.807) is 6.20 Å². The SMILES string of the molecule is Fc1ccc(CN(Cc2cnc3nccn3c2)C[C@H]2CCCO2)cc1. The van der Waals surface area contributed by atoms with Gasteiger partial charge in [0.25, 0.3) is 0 Å². The van der Waals surface area contributed by atoms with Gasteiger partial charge in [-0.2, -0.15) is 0 Å². The first-order chi connectivity index (χ1) is 12.3. The van der Waals surface area contributed by atoms with Crippen LogP contribution in [0.1, 0.15) is 24.0 Å². The summed E-state index contributed by atoms with van der Waals surface area (Å²) < 4.78 is 20.9. The number of halogens is 1. The third-order valence-electron chi connectivity index (χ3n) is 4.51. The van der Waals surface area contributed by atoms with E-state index in [1.807, 2.05) is 28.9 Å². The molecule has 4 rings (SSSR count). The predicted molar refractivity (Wildman–Crippen MR) is 92.5 cm³/mol. The van der Waals surface area contributed by atoms with Gasteiger partial charge in [-0.05, 0) is 30.5 Å². The molecule has 1 aromatic carbocycles. The lowest BCUT2D eigenvalue weighted by Crippen LogP contribution is -2.31. The summed E-state index contributed by atoms with van der Waals surface area (Å²) in [7, 11) is 0. The van der Waals surface area contributed by atoms with Crippen molar-refractivity contribution in [2.45, 2.75) is 32.0 Å². The number of fused-ring (bicyclic) bond motifs is 1. The zero-order valence-electron chi connectivity index (χ0n) is 14.0. The van der Waals surface area contributed by atoms with E-state index in [-0.39, 0.29) is 11.9 Å². The summed E-state index contributed by atoms with van der Waals surface area (Å²) in [6.45, 7) is 3.22. The third-order valence-corrected chi connectivity index (χ3v) is 4.51. The third kappa shape index (κ3) is 4.03. The zero-order chi connectivity index (χ0) is 17.1. The molecule has 1 atom stereocenters. The van der Waals surface area contributed by atoms with E-state index in [4.69, 9.17) is 4.74 Å². The number of rotatable bonds is 6. The molecule has 1 fully saturated rings. The van der Waals surface area contributed by atoms with Crippen molar-refractivity contribution in [2.24, 2.45) is 0 Å². The Labute approximate surface area is 146 Å². The Bertz CT molecular complexity index is 827. The molecule has 2 aromatic heterocycles. The van der Waals surface area contributed by atoms with Crippen molar-refractivity contribution in [3.8, 4) is 0 Å². The molecule has 1 aliphatic heterocycles. The van der Waals surface area contributed by atoms with Crippen LogP contribution < -0.4 is 0 Å². The van der Waals surface area contributed by atoms with E-state index >= 15 is 0 Å². The van der Waals surface area contributed by atoms with Crippen LogP contribution in [-0.4, -0.2) is 38.5 Å². The van der Waals surface area contributed by atoms with Gasteiger partial charge in [-0.15, -0.1) is 0 Å². The summed E-state index contributed by atoms with van der Waals surface area (Å²) in [4.78, 5) is 10.9. The molecule has 0 unspecified atom stereocenters. The van der Waals surface area contributed by atoms with Crippen molar-refractivity contribution in [1.82, 2.24) is 19.3 Å². The first kappa shape index (κ1) is 16.2. The minimum Gasteiger partial charge on any atom is -0.377 e. The standard InChI is InChI=1S/C19H21FN4O/c20-17-5-3-15(4-6-17)11-23(14-18-2-1-9-25-18)12-16-10-22-19-21-7-8-24(19)13-16/h3-8,10,13,18H,1-2,9,11-12,14H2/t18-/m1/s1. The highest BCUT2D eigenvalue weighted by Crippen LogP contribution is 2.17. The topological polar surface area (TPSA) is 42.7 Å². The molecule has 0 amide bonds. The molecule has 1 aliphatic rings. The molecule has 0 spiro atoms. The van der Waals surface area contributed by atoms with Gasteiger partial charge in [0.1, 0.15) is 5.82 Å². The van der Waals surface area contributed by atoms with Crippen LogP contribution >= 0.6 is 0 Å². The normalized spacial score (nSPS) is 17.6. The van der Waals surface area contributed by atoms with Crippen molar-refractivity contribution in [1.29, 1.82) is 0 Å². The van der Waals surface area contributed by atoms with E-state index in [0.29, 0.717) is 5.78 Å². The molecule has 3 aromatic rings. The molecule has 6 heteroatoms. The summed E-state index contributed by atoms with van der Waals surface area (Å²) in [5.74, 6) is 0.497. The highest BCUT2D eigenvalue weighted by atomic mass is 19.1. The van der Waals surface area contributed by atoms with Gasteiger partial charge in [-0.3, -0.25) is 9.30 Å². The Hall–Kier alpha value is -2.31. The van der Waals surface area contributed by atoms with Gasteiger partial charge in [-0.1, -0.05) is 12.1 Å². The highest BCUT2D eigenvalue weighted by molar-refractivity contribution is 5.28. The first-order valence-corrected chi connectivity index (χ1v) is 8.62. The quantitative estimate of drug-likeness (QED) is 0.692. The van der Waals surface area contributed by atoms with Gasteiger partial charge in [0.2, 0.25) is 5.78 Å². The number of aromatic nitrogens is 3. The fourth-order valence-corrected chi connectivity index (χ4v) is 3.31. The molecular formula is C19H21FN4O. The number of benzene rings is 1. The molecular weight excluding hydrogens is 319 g/mol. The first-order valence-electron chi connectivity index (χ1n) is 8.62. The average Bonchev–Trinajstić information content (AvgIpc) is 3.28. The van der Waals surface area contributed by atoms with Crippen molar-refractivity contribution < 1.29 is 9.13 Å². The number of hydrogen-bond acceptors (Lipinski definition) is 4. The van der Waals surface area contributed by atoms with E-state index in [9.17, 15) is 4.39 Å². The molecule has 0 radical (unpaired) electrons. The van der Waals surface area contributed by atoms with Crippen molar-refractivity contribution in [3.05, 3.63) is 66.0 Å². The predicted octanol–water partition coefficient (Wildman–Crippen LogP) is 3.05. The maximum Gasteiger partial charge on any atom is 0.233 e. The van der Waals surface area contributed by atoms with E-state index in [0.717, 1.165) is 50.2 Å². The minimum atomic E-state index is -0.204. The van der Waals surface area contributed by atoms with E-state index in [1.165, 1.54) is 12.1 Å². The number of ether oxygens (including phenoxy) is 1. The lowest BCUT2D eigenvalue weighted by molar-refractivity contribution is 0.0678. The molecule has 130 valence electrons. The van der Waals surface area contributed by atoms with Crippen molar-refractivity contribution in [2.75, 3.05) is 13.2 Å². The Morgan fingerprint density at radius 2 is 2.00 bits per heavy atom. The summed E-state index contributed by atoms with van der Waals surface area (Å²) in [5, 5.41) is 0. The van der Waals surface area contributed by atoms with Crippen LogP contribution in [0.25, 0.3) is 5.78 Å². The van der Waals surface area contributed by atoms with Crippen molar-refractivity contribution >= 4 is 5.78 Å². The zero-order valence-corrected chi connectivity index (χ0v) is 14.0. The molecule has 0 saturated carbocycles. The van der Waals surface area contributed by atoms with Crippen LogP contribution in [0.15, 0.2) is 49.1 Å². The molecule has 3 heterocycles. The fourth-order valence-electron chi connectivity index (χ4n) is 3.31. The Balaban J connectivity index is 1.51. The number of imidazole rings is 1. The van der Waals surface area contributed by atoms with Crippen LogP contribution in [0.3, 0.4) is 0 Å². The molecule has 0 N–H and O–H groups in total. The highest BCUT2D eigenvalue weighted by Gasteiger charge is 2.20. The van der Waals surface area contributed by atoms with Gasteiger partial charge in [0, 0.05) is 56.6 Å². The van der Waals surface area contributed by atoms with Crippen LogP contribution in [0, 0.1) is 5.82 Å². The van der Waals surface area contributed by atoms with Gasteiger partial charge in [0.05, 0.1) is 6.10 Å². The Morgan fingerprint density at radius 3 is 2.80 bits per heavy atom. The van der Waals surface area contributed by atoms with Crippen LogP contribution in [0.5, 0.6) is 0 Å². The lowest BCUT2D eigenvalue weighted by Gasteiger charge is -2.25. The van der Waals surface area contributed by atoms with Gasteiger partial charge in [0.15, 0.2) is 0 Å². The smallest absolute Gasteiger partial charge is 0.233 e. The second-order valence-corrected chi connectivity index (χ2v) is 6.53. The average molecular weight is 340 g/mol. The molecule has 25 heavy (non-hydrogen) atoms. The molecule has 5 nitrogen and oxygen atoms in total. The molecule has 0 aliphatic carbocycles. The summed E-state index contributed by atoms with van der Waals surface area (Å²) in [6, 6.07) is 6.71. The monoisotopic (exact) mass is 340 g/mol. The van der Waals surface area contributed by atoms with Crippen LogP contribution in [0.4, 0.5) is 4.39 Å². The van der Waals surface area contributed by atoms with Crippen molar-refractivity contribution in [3.63, 3.8) is 0 Å². The Kier molecular flexibility index (Phi) is 4.72. The fraction of sp³-hybridized carbons (Fsp3) is 0.368. The second kappa shape index (κ2) is 7.29. The van der Waals surface area contributed by atoms with Gasteiger partial charge in [-0.25, -0.2) is 14.4 Å². The van der Waals surface area contributed by atoms with Gasteiger partial charge >= 0.3 is 0 Å². The summed E-state index contributed by atoms with van der Waals surface area (Å²) in [6.07, 6.45) is 10.1. The Morgan fingerprint density at radius 1 is 1.16 bits per heavy atom. The number of hydrogen-bond donors (Lipinski definition) is 0. The summed E-state index contributed by atoms with van der Waals surface area (Å²) in [5.41, 5.74) is 2.21. The van der Waals surface area contributed by atoms with Crippen LogP contribution in [-0.2, 0) is 17.8 Å². The maximum absolute atomic E-state index is 13.2. The maximum atomic E-state index is 13.2. The second-order valence-electron chi connectivity index (χ2n) is 6.53. The van der Waals surface area contributed by atoms with Crippen LogP contribution in [0.2, 0.25) is 0 Å². The molecule has 1 saturated heterocycles. The molecule has 0 bridgehead atoms. The van der Waals surface area contributed by atoms with Gasteiger partial charge < -0.3 is 4.74 Å². The largest absolute Gasteiger partial charge is 0.377 e.